The van der Waals surface area contributed by atoms with Crippen LogP contribution in [0, 0.1) is 0 Å². The standard InChI is InChI=1S/C30H39AsS3/c1-4-7-22-32-28-19-13-10-16-25(28)31(26-17-11-14-20-29(26)33-23-8-5-2)27-18-12-15-21-30(27)34-24-9-6-3/h10-21H,4-9,22-24H2,1-3H3. The van der Waals surface area contributed by atoms with Crippen LogP contribution in [-0.2, 0) is 0 Å². The normalized spacial score (nSPS) is 11.3. The first-order valence-corrected chi connectivity index (χ1v) is 18.5. The van der Waals surface area contributed by atoms with Crippen molar-refractivity contribution in [3.05, 3.63) is 72.8 Å². The monoisotopic (exact) mass is 570 g/mol. The molecule has 0 radical (unpaired) electrons. The van der Waals surface area contributed by atoms with Gasteiger partial charge in [-0.1, -0.05) is 0 Å². The summed E-state index contributed by atoms with van der Waals surface area (Å²) in [6.45, 7) is 6.87. The molecule has 0 bridgehead atoms. The minimum atomic E-state index is -1.74. The van der Waals surface area contributed by atoms with Crippen LogP contribution < -0.4 is 13.1 Å². The van der Waals surface area contributed by atoms with Gasteiger partial charge in [0.25, 0.3) is 0 Å². The molecule has 0 fully saturated rings. The third kappa shape index (κ3) is 8.16. The Morgan fingerprint density at radius 3 is 1.06 bits per heavy atom. The Labute approximate surface area is 225 Å². The Bertz CT molecular complexity index is 861. The molecular weight excluding hydrogens is 531 g/mol. The van der Waals surface area contributed by atoms with Crippen LogP contribution in [0.5, 0.6) is 0 Å². The summed E-state index contributed by atoms with van der Waals surface area (Å²) in [7, 11) is 0. The van der Waals surface area contributed by atoms with E-state index in [4.69, 9.17) is 0 Å². The summed E-state index contributed by atoms with van der Waals surface area (Å²) in [5.74, 6) is 3.61. The molecule has 0 heterocycles. The van der Waals surface area contributed by atoms with E-state index >= 15 is 0 Å². The molecule has 4 heteroatoms. The Hall–Kier alpha value is -0.732. The first kappa shape index (κ1) is 27.8. The minimum absolute atomic E-state index is 1.20. The summed E-state index contributed by atoms with van der Waals surface area (Å²) in [5, 5.41) is 0. The fourth-order valence-corrected chi connectivity index (χ4v) is 14.4. The number of rotatable bonds is 15. The second-order valence-corrected chi connectivity index (χ2v) is 16.2. The van der Waals surface area contributed by atoms with E-state index in [1.807, 2.05) is 0 Å². The summed E-state index contributed by atoms with van der Waals surface area (Å²) in [5.41, 5.74) is 0. The molecule has 0 N–H and O–H groups in total. The van der Waals surface area contributed by atoms with Gasteiger partial charge < -0.3 is 0 Å². The Kier molecular flexibility index (Phi) is 13.2. The van der Waals surface area contributed by atoms with Gasteiger partial charge in [-0.05, 0) is 0 Å². The molecule has 0 unspecified atom stereocenters. The SMILES string of the molecule is CCCCSc1ccccc1[As](c1ccccc1SCCCC)c1ccccc1SCCCC. The molecule has 0 aliphatic carbocycles. The second kappa shape index (κ2) is 16.1. The first-order chi connectivity index (χ1) is 16.8. The summed E-state index contributed by atoms with van der Waals surface area (Å²) < 4.78 is 4.80. The maximum absolute atomic E-state index is 2.44. The van der Waals surface area contributed by atoms with E-state index in [2.05, 4.69) is 129 Å². The Balaban J connectivity index is 2.11. The third-order valence-corrected chi connectivity index (χ3v) is 15.5. The van der Waals surface area contributed by atoms with Crippen molar-refractivity contribution in [3.8, 4) is 0 Å². The van der Waals surface area contributed by atoms with Crippen molar-refractivity contribution in [2.45, 2.75) is 74.0 Å². The number of benzene rings is 3. The van der Waals surface area contributed by atoms with Crippen molar-refractivity contribution in [2.24, 2.45) is 0 Å². The molecule has 3 aromatic rings. The average Bonchev–Trinajstić information content (AvgIpc) is 2.87. The third-order valence-electron chi connectivity index (χ3n) is 5.58. The number of hydrogen-bond donors (Lipinski definition) is 0. The zero-order valence-corrected chi connectivity index (χ0v) is 25.3. The van der Waals surface area contributed by atoms with Crippen LogP contribution in [0.25, 0.3) is 0 Å². The molecule has 182 valence electrons. The van der Waals surface area contributed by atoms with E-state index in [1.54, 1.807) is 13.1 Å². The van der Waals surface area contributed by atoms with Gasteiger partial charge >= 0.3 is 227 Å². The van der Waals surface area contributed by atoms with Crippen LogP contribution >= 0.6 is 35.3 Å². The predicted octanol–water partition coefficient (Wildman–Crippen LogP) is 7.88. The summed E-state index contributed by atoms with van der Waals surface area (Å²) in [6.07, 6.45) is 7.59. The van der Waals surface area contributed by atoms with Gasteiger partial charge in [0.2, 0.25) is 0 Å². The van der Waals surface area contributed by atoms with Crippen molar-refractivity contribution >= 4 is 63.0 Å². The van der Waals surface area contributed by atoms with Crippen molar-refractivity contribution < 1.29 is 0 Å². The summed E-state index contributed by atoms with van der Waals surface area (Å²) >= 11 is 4.46. The molecule has 3 rings (SSSR count). The van der Waals surface area contributed by atoms with Gasteiger partial charge in [-0.3, -0.25) is 0 Å². The molecule has 0 aromatic heterocycles. The van der Waals surface area contributed by atoms with E-state index < -0.39 is 14.7 Å². The predicted molar refractivity (Wildman–Crippen MR) is 161 cm³/mol. The molecule has 0 spiro atoms. The quantitative estimate of drug-likeness (QED) is 0.104. The maximum atomic E-state index is 2.44. The number of thioether (sulfide) groups is 3. The van der Waals surface area contributed by atoms with Crippen LogP contribution in [0.3, 0.4) is 0 Å². The van der Waals surface area contributed by atoms with E-state index in [-0.39, 0.29) is 0 Å². The topological polar surface area (TPSA) is 0 Å². The zero-order chi connectivity index (χ0) is 24.0. The molecule has 0 aliphatic rings. The fraction of sp³-hybridized carbons (Fsp3) is 0.400. The van der Waals surface area contributed by atoms with Gasteiger partial charge in [0, 0.05) is 0 Å². The molecule has 34 heavy (non-hydrogen) atoms. The molecule has 0 atom stereocenters. The van der Waals surface area contributed by atoms with Crippen molar-refractivity contribution in [1.82, 2.24) is 0 Å². The second-order valence-electron chi connectivity index (χ2n) is 8.34. The molecule has 0 amide bonds. The molecule has 0 aliphatic heterocycles. The van der Waals surface area contributed by atoms with Crippen molar-refractivity contribution in [1.29, 1.82) is 0 Å². The zero-order valence-electron chi connectivity index (χ0n) is 21.0. The molecule has 0 nitrogen and oxygen atoms in total. The summed E-state index contributed by atoms with van der Waals surface area (Å²) in [4.78, 5) is 4.49. The van der Waals surface area contributed by atoms with E-state index in [0.717, 1.165) is 0 Å². The Morgan fingerprint density at radius 1 is 0.471 bits per heavy atom. The van der Waals surface area contributed by atoms with Crippen LogP contribution in [0.4, 0.5) is 0 Å². The van der Waals surface area contributed by atoms with Crippen molar-refractivity contribution in [2.75, 3.05) is 17.3 Å². The summed E-state index contributed by atoms with van der Waals surface area (Å²) in [6, 6.07) is 27.9. The van der Waals surface area contributed by atoms with Gasteiger partial charge in [-0.25, -0.2) is 0 Å². The molecule has 3 aromatic carbocycles. The van der Waals surface area contributed by atoms with Crippen LogP contribution in [0.15, 0.2) is 87.5 Å². The van der Waals surface area contributed by atoms with Crippen molar-refractivity contribution in [3.63, 3.8) is 0 Å². The van der Waals surface area contributed by atoms with Crippen LogP contribution in [-0.4, -0.2) is 31.9 Å². The van der Waals surface area contributed by atoms with Crippen LogP contribution in [0.2, 0.25) is 0 Å². The fourth-order valence-electron chi connectivity index (χ4n) is 3.66. The molecular formula is C30H39AsS3. The van der Waals surface area contributed by atoms with Gasteiger partial charge in [-0.15, -0.1) is 0 Å². The first-order valence-electron chi connectivity index (χ1n) is 12.8. The van der Waals surface area contributed by atoms with Crippen LogP contribution in [0.1, 0.15) is 59.3 Å². The van der Waals surface area contributed by atoms with E-state index in [1.165, 1.54) is 70.5 Å². The molecule has 0 saturated carbocycles. The van der Waals surface area contributed by atoms with E-state index in [9.17, 15) is 0 Å². The number of hydrogen-bond acceptors (Lipinski definition) is 3. The number of unbranched alkanes of at least 4 members (excludes halogenated alkanes) is 3. The van der Waals surface area contributed by atoms with Gasteiger partial charge in [-0.2, -0.15) is 0 Å². The Morgan fingerprint density at radius 2 is 0.765 bits per heavy atom. The average molecular weight is 571 g/mol. The van der Waals surface area contributed by atoms with E-state index in [0.29, 0.717) is 0 Å². The van der Waals surface area contributed by atoms with Gasteiger partial charge in [0.05, 0.1) is 0 Å². The van der Waals surface area contributed by atoms with Gasteiger partial charge in [0.15, 0.2) is 0 Å². The molecule has 0 saturated heterocycles. The van der Waals surface area contributed by atoms with Gasteiger partial charge in [0.1, 0.15) is 0 Å².